The Hall–Kier alpha value is -1.93. The molecule has 2 aliphatic rings. The highest BCUT2D eigenvalue weighted by Gasteiger charge is 2.24. The number of carbonyl (C=O) groups is 1. The van der Waals surface area contributed by atoms with Gasteiger partial charge in [0.2, 0.25) is 0 Å². The number of rotatable bonds is 4. The molecular formula is C16H24N4O4. The molecule has 0 aromatic carbocycles. The Balaban J connectivity index is 1.51. The molecule has 0 bridgehead atoms. The summed E-state index contributed by atoms with van der Waals surface area (Å²) in [6.45, 7) is 4.76. The van der Waals surface area contributed by atoms with Crippen LogP contribution in [0, 0.1) is 0 Å². The van der Waals surface area contributed by atoms with Crippen molar-refractivity contribution in [1.29, 1.82) is 0 Å². The fraction of sp³-hybridized carbons (Fsp3) is 0.688. The maximum Gasteiger partial charge on any atom is 0.317 e. The van der Waals surface area contributed by atoms with E-state index in [9.17, 15) is 9.59 Å². The van der Waals surface area contributed by atoms with Crippen LogP contribution in [-0.2, 0) is 29.5 Å². The molecule has 0 radical (unpaired) electrons. The van der Waals surface area contributed by atoms with E-state index in [0.29, 0.717) is 32.7 Å². The molecule has 1 aromatic rings. The summed E-state index contributed by atoms with van der Waals surface area (Å²) in [5, 5.41) is 7.20. The molecule has 2 amide bonds. The molecule has 8 heteroatoms. The van der Waals surface area contributed by atoms with Crippen LogP contribution in [0.3, 0.4) is 0 Å². The number of ether oxygens (including phenoxy) is 2. The SMILES string of the molecule is CC(COC1CCOC1)NC(=O)N1CCc2nn(C)c(=O)cc2C1. The van der Waals surface area contributed by atoms with Gasteiger partial charge in [-0.05, 0) is 13.3 Å². The van der Waals surface area contributed by atoms with Crippen LogP contribution in [0.1, 0.15) is 24.6 Å². The standard InChI is InChI=1S/C16H24N4O4/c1-11(9-24-13-4-6-23-10-13)17-16(22)20-5-3-14-12(8-20)7-15(21)19(2)18-14/h7,11,13H,3-6,8-10H2,1-2H3,(H,17,22). The minimum Gasteiger partial charge on any atom is -0.379 e. The number of urea groups is 1. The van der Waals surface area contributed by atoms with Gasteiger partial charge in [0.15, 0.2) is 0 Å². The number of amides is 2. The van der Waals surface area contributed by atoms with E-state index in [0.717, 1.165) is 24.3 Å². The summed E-state index contributed by atoms with van der Waals surface area (Å²) in [6, 6.07) is 1.34. The largest absolute Gasteiger partial charge is 0.379 e. The van der Waals surface area contributed by atoms with E-state index in [1.54, 1.807) is 18.0 Å². The van der Waals surface area contributed by atoms with Crippen LogP contribution in [0.2, 0.25) is 0 Å². The minimum atomic E-state index is -0.156. The predicted molar refractivity (Wildman–Crippen MR) is 86.8 cm³/mol. The Labute approximate surface area is 140 Å². The zero-order valence-electron chi connectivity index (χ0n) is 14.2. The molecule has 0 saturated carbocycles. The van der Waals surface area contributed by atoms with Crippen molar-refractivity contribution in [3.05, 3.63) is 27.7 Å². The van der Waals surface area contributed by atoms with E-state index in [1.165, 1.54) is 4.68 Å². The number of aromatic nitrogens is 2. The lowest BCUT2D eigenvalue weighted by atomic mass is 10.1. The molecule has 8 nitrogen and oxygen atoms in total. The van der Waals surface area contributed by atoms with E-state index in [2.05, 4.69) is 10.4 Å². The van der Waals surface area contributed by atoms with E-state index in [4.69, 9.17) is 9.47 Å². The van der Waals surface area contributed by atoms with Crippen molar-refractivity contribution in [1.82, 2.24) is 20.0 Å². The third kappa shape index (κ3) is 3.93. The van der Waals surface area contributed by atoms with Crippen molar-refractivity contribution in [2.45, 2.75) is 38.5 Å². The van der Waals surface area contributed by atoms with Crippen molar-refractivity contribution in [2.75, 3.05) is 26.4 Å². The van der Waals surface area contributed by atoms with Gasteiger partial charge in [0.1, 0.15) is 0 Å². The van der Waals surface area contributed by atoms with Gasteiger partial charge in [-0.2, -0.15) is 5.10 Å². The smallest absolute Gasteiger partial charge is 0.317 e. The summed E-state index contributed by atoms with van der Waals surface area (Å²) in [5.41, 5.74) is 1.56. The molecule has 1 aromatic heterocycles. The Morgan fingerprint density at radius 2 is 2.42 bits per heavy atom. The first kappa shape index (κ1) is 16.9. The first-order chi connectivity index (χ1) is 11.5. The molecule has 3 heterocycles. The topological polar surface area (TPSA) is 85.7 Å². The maximum absolute atomic E-state index is 12.4. The van der Waals surface area contributed by atoms with Crippen LogP contribution in [-0.4, -0.2) is 59.2 Å². The summed E-state index contributed by atoms with van der Waals surface area (Å²) in [6.07, 6.45) is 1.70. The second-order valence-corrected chi connectivity index (χ2v) is 6.42. The van der Waals surface area contributed by atoms with Gasteiger partial charge < -0.3 is 19.7 Å². The predicted octanol–water partition coefficient (Wildman–Crippen LogP) is 0.0420. The molecule has 1 fully saturated rings. The molecule has 3 rings (SSSR count). The lowest BCUT2D eigenvalue weighted by Gasteiger charge is -2.29. The molecule has 132 valence electrons. The summed E-state index contributed by atoms with van der Waals surface area (Å²) < 4.78 is 12.3. The molecule has 1 saturated heterocycles. The highest BCUT2D eigenvalue weighted by molar-refractivity contribution is 5.74. The Morgan fingerprint density at radius 1 is 1.58 bits per heavy atom. The Morgan fingerprint density at radius 3 is 3.17 bits per heavy atom. The van der Waals surface area contributed by atoms with Gasteiger partial charge >= 0.3 is 6.03 Å². The number of nitrogens with zero attached hydrogens (tertiary/aromatic N) is 3. The normalized spacial score (nSPS) is 21.4. The molecule has 0 aliphatic carbocycles. The van der Waals surface area contributed by atoms with Crippen LogP contribution < -0.4 is 10.9 Å². The lowest BCUT2D eigenvalue weighted by Crippen LogP contribution is -2.47. The van der Waals surface area contributed by atoms with Crippen LogP contribution in [0.15, 0.2) is 10.9 Å². The molecule has 2 atom stereocenters. The lowest BCUT2D eigenvalue weighted by molar-refractivity contribution is 0.0329. The molecular weight excluding hydrogens is 312 g/mol. The fourth-order valence-corrected chi connectivity index (χ4v) is 2.94. The third-order valence-corrected chi connectivity index (χ3v) is 4.36. The van der Waals surface area contributed by atoms with Crippen molar-refractivity contribution in [3.8, 4) is 0 Å². The van der Waals surface area contributed by atoms with Crippen molar-refractivity contribution >= 4 is 6.03 Å². The van der Waals surface area contributed by atoms with Gasteiger partial charge in [-0.25, -0.2) is 9.48 Å². The van der Waals surface area contributed by atoms with Gasteiger partial charge in [-0.15, -0.1) is 0 Å². The summed E-state index contributed by atoms with van der Waals surface area (Å²) in [4.78, 5) is 25.8. The first-order valence-electron chi connectivity index (χ1n) is 8.34. The van der Waals surface area contributed by atoms with E-state index in [-0.39, 0.29) is 23.7 Å². The number of aryl methyl sites for hydroxylation is 1. The zero-order valence-corrected chi connectivity index (χ0v) is 14.2. The Kier molecular flexibility index (Phi) is 5.15. The molecule has 24 heavy (non-hydrogen) atoms. The Bertz CT molecular complexity index is 654. The number of carbonyl (C=O) groups excluding carboxylic acids is 1. The average Bonchev–Trinajstić information content (AvgIpc) is 3.07. The van der Waals surface area contributed by atoms with Crippen LogP contribution in [0.25, 0.3) is 0 Å². The number of hydrogen-bond acceptors (Lipinski definition) is 5. The van der Waals surface area contributed by atoms with Gasteiger partial charge in [-0.1, -0.05) is 0 Å². The minimum absolute atomic E-state index is 0.0822. The van der Waals surface area contributed by atoms with Gasteiger partial charge in [0.25, 0.3) is 5.56 Å². The molecule has 2 unspecified atom stereocenters. The fourth-order valence-electron chi connectivity index (χ4n) is 2.94. The van der Waals surface area contributed by atoms with Gasteiger partial charge in [0.05, 0.1) is 31.1 Å². The first-order valence-corrected chi connectivity index (χ1v) is 8.34. The molecule has 2 aliphatic heterocycles. The number of fused-ring (bicyclic) bond motifs is 1. The van der Waals surface area contributed by atoms with Crippen LogP contribution >= 0.6 is 0 Å². The second kappa shape index (κ2) is 7.31. The highest BCUT2D eigenvalue weighted by atomic mass is 16.5. The van der Waals surface area contributed by atoms with Crippen LogP contribution in [0.4, 0.5) is 4.79 Å². The highest BCUT2D eigenvalue weighted by Crippen LogP contribution is 2.15. The summed E-state index contributed by atoms with van der Waals surface area (Å²) >= 11 is 0. The van der Waals surface area contributed by atoms with Gasteiger partial charge in [-0.3, -0.25) is 4.79 Å². The monoisotopic (exact) mass is 336 g/mol. The maximum atomic E-state index is 12.4. The van der Waals surface area contributed by atoms with E-state index < -0.39 is 0 Å². The summed E-state index contributed by atoms with van der Waals surface area (Å²) in [5.74, 6) is 0. The molecule has 0 spiro atoms. The number of nitrogens with one attached hydrogen (secondary N) is 1. The number of hydrogen-bond donors (Lipinski definition) is 1. The molecule has 1 N–H and O–H groups in total. The van der Waals surface area contributed by atoms with E-state index >= 15 is 0 Å². The quantitative estimate of drug-likeness (QED) is 0.839. The zero-order chi connectivity index (χ0) is 17.1. The summed E-state index contributed by atoms with van der Waals surface area (Å²) in [7, 11) is 1.64. The average molecular weight is 336 g/mol. The van der Waals surface area contributed by atoms with Crippen molar-refractivity contribution in [3.63, 3.8) is 0 Å². The third-order valence-electron chi connectivity index (χ3n) is 4.36. The van der Waals surface area contributed by atoms with E-state index in [1.807, 2.05) is 6.92 Å². The van der Waals surface area contributed by atoms with Crippen molar-refractivity contribution in [2.24, 2.45) is 7.05 Å². The van der Waals surface area contributed by atoms with Gasteiger partial charge in [0, 0.05) is 44.8 Å². The van der Waals surface area contributed by atoms with Crippen molar-refractivity contribution < 1.29 is 14.3 Å². The van der Waals surface area contributed by atoms with Crippen LogP contribution in [0.5, 0.6) is 0 Å². The second-order valence-electron chi connectivity index (χ2n) is 6.42.